The summed E-state index contributed by atoms with van der Waals surface area (Å²) in [6.45, 7) is -0.353. The second kappa shape index (κ2) is 6.49. The van der Waals surface area contributed by atoms with E-state index in [1.54, 1.807) is 4.57 Å². The summed E-state index contributed by atoms with van der Waals surface area (Å²) < 4.78 is 29.3. The molecular formula is C17H14F2N4O2S. The molecule has 134 valence electrons. The fourth-order valence-electron chi connectivity index (χ4n) is 2.68. The Bertz CT molecular complexity index is 1020. The highest BCUT2D eigenvalue weighted by Crippen LogP contribution is 2.37. The van der Waals surface area contributed by atoms with Gasteiger partial charge < -0.3 is 5.32 Å². The van der Waals surface area contributed by atoms with Crippen molar-refractivity contribution >= 4 is 22.9 Å². The van der Waals surface area contributed by atoms with Crippen molar-refractivity contribution in [1.29, 1.82) is 0 Å². The lowest BCUT2D eigenvalue weighted by molar-refractivity contribution is -0.117. The average molecular weight is 376 g/mol. The maximum Gasteiger partial charge on any atom is 0.346 e. The molecule has 1 saturated carbocycles. The van der Waals surface area contributed by atoms with Crippen LogP contribution < -0.4 is 11.0 Å². The van der Waals surface area contributed by atoms with Crippen LogP contribution in [0.5, 0.6) is 0 Å². The number of amides is 1. The Hall–Kier alpha value is -2.81. The zero-order chi connectivity index (χ0) is 18.3. The smallest absolute Gasteiger partial charge is 0.322 e. The third kappa shape index (κ3) is 3.17. The van der Waals surface area contributed by atoms with E-state index in [0.29, 0.717) is 11.9 Å². The van der Waals surface area contributed by atoms with E-state index in [2.05, 4.69) is 10.4 Å². The summed E-state index contributed by atoms with van der Waals surface area (Å²) in [4.78, 5) is 25.7. The minimum absolute atomic E-state index is 0.103. The molecule has 1 aromatic carbocycles. The number of nitrogens with one attached hydrogen (secondary N) is 1. The van der Waals surface area contributed by atoms with Crippen molar-refractivity contribution in [2.75, 3.05) is 5.32 Å². The lowest BCUT2D eigenvalue weighted by atomic mass is 10.3. The molecule has 26 heavy (non-hydrogen) atoms. The predicted octanol–water partition coefficient (Wildman–Crippen LogP) is 3.03. The van der Waals surface area contributed by atoms with Gasteiger partial charge >= 0.3 is 5.69 Å². The van der Waals surface area contributed by atoms with Crippen LogP contribution in [0, 0.1) is 11.6 Å². The van der Waals surface area contributed by atoms with Crippen molar-refractivity contribution < 1.29 is 13.6 Å². The first-order valence-electron chi connectivity index (χ1n) is 8.01. The van der Waals surface area contributed by atoms with Gasteiger partial charge in [-0.3, -0.25) is 9.36 Å². The molecule has 1 fully saturated rings. The molecule has 0 bridgehead atoms. The highest BCUT2D eigenvalue weighted by Gasteiger charge is 2.31. The largest absolute Gasteiger partial charge is 0.346 e. The molecule has 0 atom stereocenters. The molecular weight excluding hydrogens is 362 g/mol. The van der Waals surface area contributed by atoms with Crippen LogP contribution in [0.1, 0.15) is 18.9 Å². The van der Waals surface area contributed by atoms with Gasteiger partial charge in [0.2, 0.25) is 5.91 Å². The summed E-state index contributed by atoms with van der Waals surface area (Å²) in [6, 6.07) is 6.69. The van der Waals surface area contributed by atoms with E-state index in [1.807, 2.05) is 17.5 Å². The molecule has 9 heteroatoms. The number of halogens is 2. The Morgan fingerprint density at radius 1 is 1.31 bits per heavy atom. The minimum Gasteiger partial charge on any atom is -0.322 e. The number of benzene rings is 1. The first-order valence-corrected chi connectivity index (χ1v) is 8.89. The summed E-state index contributed by atoms with van der Waals surface area (Å²) in [7, 11) is 0. The van der Waals surface area contributed by atoms with Crippen molar-refractivity contribution in [3.8, 4) is 10.7 Å². The molecule has 6 nitrogen and oxygen atoms in total. The van der Waals surface area contributed by atoms with Crippen LogP contribution >= 0.6 is 11.3 Å². The lowest BCUT2D eigenvalue weighted by Crippen LogP contribution is -2.30. The van der Waals surface area contributed by atoms with E-state index in [0.717, 1.165) is 34.5 Å². The Morgan fingerprint density at radius 2 is 2.12 bits per heavy atom. The first-order chi connectivity index (χ1) is 12.5. The van der Waals surface area contributed by atoms with Crippen LogP contribution in [0.4, 0.5) is 14.5 Å². The maximum absolute atomic E-state index is 13.7. The van der Waals surface area contributed by atoms with E-state index in [9.17, 15) is 18.4 Å². The van der Waals surface area contributed by atoms with Crippen molar-refractivity contribution in [3.63, 3.8) is 0 Å². The third-order valence-corrected chi connectivity index (χ3v) is 4.89. The van der Waals surface area contributed by atoms with Gasteiger partial charge in [-0.25, -0.2) is 18.3 Å². The molecule has 1 amide bonds. The molecule has 1 aliphatic carbocycles. The summed E-state index contributed by atoms with van der Waals surface area (Å²) >= 11 is 1.46. The van der Waals surface area contributed by atoms with Gasteiger partial charge in [0.1, 0.15) is 18.2 Å². The number of carbonyl (C=O) groups is 1. The van der Waals surface area contributed by atoms with Gasteiger partial charge in [0.15, 0.2) is 5.82 Å². The molecule has 0 aliphatic heterocycles. The first kappa shape index (κ1) is 16.6. The maximum atomic E-state index is 13.7. The highest BCUT2D eigenvalue weighted by atomic mass is 32.1. The summed E-state index contributed by atoms with van der Waals surface area (Å²) in [6.07, 6.45) is 1.80. The fraction of sp³-hybridized carbons (Fsp3) is 0.235. The van der Waals surface area contributed by atoms with Gasteiger partial charge in [-0.1, -0.05) is 6.07 Å². The SMILES string of the molecule is O=C(Cn1nc(-c2cccs2)n(C2CC2)c1=O)Nc1ccc(F)cc1F. The van der Waals surface area contributed by atoms with Gasteiger partial charge in [0.25, 0.3) is 0 Å². The summed E-state index contributed by atoms with van der Waals surface area (Å²) in [5, 5.41) is 8.52. The quantitative estimate of drug-likeness (QED) is 0.744. The highest BCUT2D eigenvalue weighted by molar-refractivity contribution is 7.13. The van der Waals surface area contributed by atoms with Crippen LogP contribution in [0.3, 0.4) is 0 Å². The van der Waals surface area contributed by atoms with Crippen LogP contribution in [0.15, 0.2) is 40.5 Å². The zero-order valence-electron chi connectivity index (χ0n) is 13.5. The molecule has 0 saturated heterocycles. The second-order valence-corrected chi connectivity index (χ2v) is 6.96. The standard InChI is InChI=1S/C17H14F2N4O2S/c18-10-3-6-13(12(19)8-10)20-15(24)9-22-17(25)23(11-4-5-11)16(21-22)14-2-1-7-26-14/h1-3,6-8,11H,4-5,9H2,(H,20,24). The van der Waals surface area contributed by atoms with Gasteiger partial charge in [-0.2, -0.15) is 0 Å². The summed E-state index contributed by atoms with van der Waals surface area (Å²) in [5.41, 5.74) is -0.518. The molecule has 2 heterocycles. The van der Waals surface area contributed by atoms with Crippen LogP contribution in [-0.4, -0.2) is 20.3 Å². The Morgan fingerprint density at radius 3 is 2.77 bits per heavy atom. The molecule has 3 aromatic rings. The van der Waals surface area contributed by atoms with Crippen LogP contribution in [-0.2, 0) is 11.3 Å². The Kier molecular flexibility index (Phi) is 4.15. The number of nitrogens with zero attached hydrogens (tertiary/aromatic N) is 3. The predicted molar refractivity (Wildman–Crippen MR) is 93.1 cm³/mol. The third-order valence-electron chi connectivity index (χ3n) is 4.02. The van der Waals surface area contributed by atoms with Gasteiger partial charge in [0.05, 0.1) is 10.6 Å². The van der Waals surface area contributed by atoms with Gasteiger partial charge in [-0.05, 0) is 36.4 Å². The summed E-state index contributed by atoms with van der Waals surface area (Å²) in [5.74, 6) is -1.70. The number of anilines is 1. The Balaban J connectivity index is 1.59. The van der Waals surface area contributed by atoms with E-state index < -0.39 is 17.5 Å². The van der Waals surface area contributed by atoms with Crippen molar-refractivity contribution in [2.45, 2.75) is 25.4 Å². The minimum atomic E-state index is -0.881. The molecule has 0 radical (unpaired) electrons. The average Bonchev–Trinajstić information content (AvgIpc) is 3.17. The monoisotopic (exact) mass is 376 g/mol. The molecule has 0 unspecified atom stereocenters. The fourth-order valence-corrected chi connectivity index (χ4v) is 3.38. The molecule has 4 rings (SSSR count). The van der Waals surface area contributed by atoms with Crippen molar-refractivity contribution in [1.82, 2.24) is 14.3 Å². The van der Waals surface area contributed by atoms with Crippen molar-refractivity contribution in [2.24, 2.45) is 0 Å². The van der Waals surface area contributed by atoms with E-state index >= 15 is 0 Å². The number of thiophene rings is 1. The van der Waals surface area contributed by atoms with E-state index in [-0.39, 0.29) is 24.0 Å². The van der Waals surface area contributed by atoms with E-state index in [4.69, 9.17) is 0 Å². The molecule has 1 aliphatic rings. The van der Waals surface area contributed by atoms with Crippen LogP contribution in [0.2, 0.25) is 0 Å². The molecule has 0 spiro atoms. The normalized spacial score (nSPS) is 13.8. The van der Waals surface area contributed by atoms with Crippen molar-refractivity contribution in [3.05, 3.63) is 57.8 Å². The topological polar surface area (TPSA) is 68.9 Å². The zero-order valence-corrected chi connectivity index (χ0v) is 14.3. The number of carbonyl (C=O) groups excluding carboxylic acids is 1. The number of hydrogen-bond donors (Lipinski definition) is 1. The van der Waals surface area contributed by atoms with Crippen LogP contribution in [0.25, 0.3) is 10.7 Å². The molecule has 2 aromatic heterocycles. The van der Waals surface area contributed by atoms with Gasteiger partial charge in [-0.15, -0.1) is 16.4 Å². The number of aromatic nitrogens is 3. The molecule has 1 N–H and O–H groups in total. The second-order valence-electron chi connectivity index (χ2n) is 6.01. The lowest BCUT2D eigenvalue weighted by Gasteiger charge is -2.06. The van der Waals surface area contributed by atoms with E-state index in [1.165, 1.54) is 11.3 Å². The Labute approximate surface area is 150 Å². The number of rotatable bonds is 5. The number of hydrogen-bond acceptors (Lipinski definition) is 4. The van der Waals surface area contributed by atoms with Gasteiger partial charge in [0, 0.05) is 12.1 Å².